The smallest absolute Gasteiger partial charge is 0.305 e. The molecule has 1 heterocycles. The third-order valence-electron chi connectivity index (χ3n) is 3.05. The molecule has 1 aromatic rings. The molecule has 6 nitrogen and oxygen atoms in total. The molecule has 2 amide bonds. The third-order valence-corrected chi connectivity index (χ3v) is 3.58. The number of rotatable bonds is 3. The Balaban J connectivity index is 2.23. The van der Waals surface area contributed by atoms with E-state index in [9.17, 15) is 14.4 Å². The second-order valence-corrected chi connectivity index (χ2v) is 5.33. The van der Waals surface area contributed by atoms with Gasteiger partial charge in [-0.25, -0.2) is 0 Å². The molecule has 1 unspecified atom stereocenters. The Kier molecular flexibility index (Phi) is 4.39. The molecule has 1 aliphatic heterocycles. The molecule has 0 spiro atoms. The number of carboxylic acids is 1. The van der Waals surface area contributed by atoms with Crippen molar-refractivity contribution in [3.05, 3.63) is 34.3 Å². The van der Waals surface area contributed by atoms with Crippen LogP contribution in [0.15, 0.2) is 28.7 Å². The number of amides is 2. The predicted octanol–water partition coefficient (Wildman–Crippen LogP) is 0.864. The lowest BCUT2D eigenvalue weighted by Gasteiger charge is -2.34. The van der Waals surface area contributed by atoms with E-state index in [4.69, 9.17) is 5.11 Å². The first kappa shape index (κ1) is 14.5. The van der Waals surface area contributed by atoms with Gasteiger partial charge >= 0.3 is 5.97 Å². The first-order chi connectivity index (χ1) is 9.49. The van der Waals surface area contributed by atoms with Gasteiger partial charge in [-0.15, -0.1) is 0 Å². The fraction of sp³-hybridized carbons (Fsp3) is 0.308. The van der Waals surface area contributed by atoms with Gasteiger partial charge in [0.2, 0.25) is 5.91 Å². The Bertz CT molecular complexity index is 544. The van der Waals surface area contributed by atoms with Crippen LogP contribution >= 0.6 is 15.9 Å². The topological polar surface area (TPSA) is 86.7 Å². The molecule has 106 valence electrons. The predicted molar refractivity (Wildman–Crippen MR) is 74.2 cm³/mol. The summed E-state index contributed by atoms with van der Waals surface area (Å²) in [6.07, 6.45) is -0.395. The van der Waals surface area contributed by atoms with E-state index in [0.717, 1.165) is 4.47 Å². The highest BCUT2D eigenvalue weighted by molar-refractivity contribution is 9.10. The van der Waals surface area contributed by atoms with E-state index in [1.165, 1.54) is 4.90 Å². The number of benzene rings is 1. The highest BCUT2D eigenvalue weighted by atomic mass is 79.9. The number of carboxylic acid groups (broad SMARTS) is 1. The van der Waals surface area contributed by atoms with Gasteiger partial charge < -0.3 is 15.3 Å². The van der Waals surface area contributed by atoms with E-state index < -0.39 is 24.3 Å². The van der Waals surface area contributed by atoms with Crippen molar-refractivity contribution in [2.75, 3.05) is 13.1 Å². The maximum absolute atomic E-state index is 12.4. The lowest BCUT2D eigenvalue weighted by atomic mass is 10.1. The summed E-state index contributed by atoms with van der Waals surface area (Å²) < 4.78 is 0.840. The number of nitrogens with one attached hydrogen (secondary N) is 1. The molecule has 0 aromatic heterocycles. The van der Waals surface area contributed by atoms with Crippen molar-refractivity contribution in [2.24, 2.45) is 0 Å². The van der Waals surface area contributed by atoms with Gasteiger partial charge in [-0.2, -0.15) is 0 Å². The van der Waals surface area contributed by atoms with E-state index in [1.807, 2.05) is 0 Å². The number of piperazine rings is 1. The largest absolute Gasteiger partial charge is 0.481 e. The van der Waals surface area contributed by atoms with Crippen LogP contribution in [0.3, 0.4) is 0 Å². The highest BCUT2D eigenvalue weighted by Crippen LogP contribution is 2.16. The van der Waals surface area contributed by atoms with Gasteiger partial charge in [0.25, 0.3) is 5.91 Å². The molecule has 0 radical (unpaired) electrons. The minimum Gasteiger partial charge on any atom is -0.481 e. The van der Waals surface area contributed by atoms with Crippen molar-refractivity contribution in [3.8, 4) is 0 Å². The summed E-state index contributed by atoms with van der Waals surface area (Å²) in [5.41, 5.74) is 0.429. The molecule has 0 saturated carbocycles. The van der Waals surface area contributed by atoms with Gasteiger partial charge in [-0.05, 0) is 24.3 Å². The van der Waals surface area contributed by atoms with Crippen molar-refractivity contribution in [3.63, 3.8) is 0 Å². The van der Waals surface area contributed by atoms with Crippen LogP contribution in [-0.2, 0) is 9.59 Å². The van der Waals surface area contributed by atoms with E-state index in [-0.39, 0.29) is 5.91 Å². The average Bonchev–Trinajstić information content (AvgIpc) is 2.41. The first-order valence-electron chi connectivity index (χ1n) is 6.05. The van der Waals surface area contributed by atoms with Crippen LogP contribution in [0.2, 0.25) is 0 Å². The second kappa shape index (κ2) is 6.04. The Labute approximate surface area is 123 Å². The van der Waals surface area contributed by atoms with Crippen LogP contribution in [0.5, 0.6) is 0 Å². The van der Waals surface area contributed by atoms with Crippen molar-refractivity contribution >= 4 is 33.7 Å². The number of hydrogen-bond acceptors (Lipinski definition) is 3. The molecule has 7 heteroatoms. The fourth-order valence-electron chi connectivity index (χ4n) is 2.08. The molecule has 1 aliphatic rings. The normalized spacial score (nSPS) is 18.6. The summed E-state index contributed by atoms with van der Waals surface area (Å²) in [6.45, 7) is 0.635. The Morgan fingerprint density at radius 3 is 2.60 bits per heavy atom. The molecule has 1 atom stereocenters. The van der Waals surface area contributed by atoms with E-state index in [2.05, 4.69) is 21.2 Å². The van der Waals surface area contributed by atoms with Crippen LogP contribution < -0.4 is 5.32 Å². The zero-order valence-corrected chi connectivity index (χ0v) is 12.1. The van der Waals surface area contributed by atoms with Crippen molar-refractivity contribution < 1.29 is 19.5 Å². The molecule has 1 saturated heterocycles. The molecular weight excluding hydrogens is 328 g/mol. The first-order valence-corrected chi connectivity index (χ1v) is 6.84. The zero-order valence-electron chi connectivity index (χ0n) is 10.5. The summed E-state index contributed by atoms with van der Waals surface area (Å²) in [6, 6.07) is 5.76. The molecule has 20 heavy (non-hydrogen) atoms. The fourth-order valence-corrected chi connectivity index (χ4v) is 2.35. The Morgan fingerprint density at radius 2 is 2.00 bits per heavy atom. The summed E-state index contributed by atoms with van der Waals surface area (Å²) in [5, 5.41) is 11.4. The molecule has 0 bridgehead atoms. The maximum atomic E-state index is 12.4. The number of hydrogen-bond donors (Lipinski definition) is 2. The average molecular weight is 341 g/mol. The number of halogens is 1. The van der Waals surface area contributed by atoms with Gasteiger partial charge in [0.1, 0.15) is 6.04 Å². The van der Waals surface area contributed by atoms with Crippen molar-refractivity contribution in [2.45, 2.75) is 12.5 Å². The van der Waals surface area contributed by atoms with Crippen LogP contribution in [-0.4, -0.2) is 46.9 Å². The Morgan fingerprint density at radius 1 is 1.35 bits per heavy atom. The minimum atomic E-state index is -1.11. The summed E-state index contributed by atoms with van der Waals surface area (Å²) in [7, 11) is 0. The summed E-state index contributed by atoms with van der Waals surface area (Å²) >= 11 is 3.28. The quantitative estimate of drug-likeness (QED) is 0.854. The van der Waals surface area contributed by atoms with Gasteiger partial charge in [-0.3, -0.25) is 14.4 Å². The Hall–Kier alpha value is -1.89. The third kappa shape index (κ3) is 3.16. The number of carbonyl (C=O) groups excluding carboxylic acids is 2. The van der Waals surface area contributed by atoms with Crippen molar-refractivity contribution in [1.82, 2.24) is 10.2 Å². The van der Waals surface area contributed by atoms with Crippen LogP contribution in [0.25, 0.3) is 0 Å². The summed E-state index contributed by atoms with van der Waals surface area (Å²) in [5.74, 6) is -1.87. The lowest BCUT2D eigenvalue weighted by Crippen LogP contribution is -2.57. The lowest BCUT2D eigenvalue weighted by molar-refractivity contribution is -0.142. The van der Waals surface area contributed by atoms with Crippen LogP contribution in [0.4, 0.5) is 0 Å². The van der Waals surface area contributed by atoms with Gasteiger partial charge in [0.05, 0.1) is 6.42 Å². The van der Waals surface area contributed by atoms with E-state index in [1.54, 1.807) is 24.3 Å². The van der Waals surface area contributed by atoms with Crippen LogP contribution in [0, 0.1) is 0 Å². The van der Waals surface area contributed by atoms with Gasteiger partial charge in [0, 0.05) is 23.1 Å². The molecule has 2 N–H and O–H groups in total. The standard InChI is InChI=1S/C13H13BrN2O4/c14-9-3-1-8(2-4-9)13(20)16-6-5-15-12(19)10(16)7-11(17)18/h1-4,10H,5-7H2,(H,15,19)(H,17,18). The maximum Gasteiger partial charge on any atom is 0.305 e. The van der Waals surface area contributed by atoms with Gasteiger partial charge in [-0.1, -0.05) is 15.9 Å². The number of aliphatic carboxylic acids is 1. The van der Waals surface area contributed by atoms with E-state index in [0.29, 0.717) is 18.7 Å². The minimum absolute atomic E-state index is 0.304. The molecule has 2 rings (SSSR count). The zero-order chi connectivity index (χ0) is 14.7. The second-order valence-electron chi connectivity index (χ2n) is 4.41. The van der Waals surface area contributed by atoms with E-state index >= 15 is 0 Å². The SMILES string of the molecule is O=C(O)CC1C(=O)NCCN1C(=O)c1ccc(Br)cc1. The van der Waals surface area contributed by atoms with Crippen LogP contribution in [0.1, 0.15) is 16.8 Å². The number of nitrogens with zero attached hydrogens (tertiary/aromatic N) is 1. The monoisotopic (exact) mass is 340 g/mol. The van der Waals surface area contributed by atoms with Crippen molar-refractivity contribution in [1.29, 1.82) is 0 Å². The van der Waals surface area contributed by atoms with Gasteiger partial charge in [0.15, 0.2) is 0 Å². The molecule has 1 aromatic carbocycles. The molecule has 0 aliphatic carbocycles. The number of carbonyl (C=O) groups is 3. The summed E-state index contributed by atoms with van der Waals surface area (Å²) in [4.78, 5) is 36.3. The molecule has 1 fully saturated rings. The molecular formula is C13H13BrN2O4. The highest BCUT2D eigenvalue weighted by Gasteiger charge is 2.34.